The Morgan fingerprint density at radius 3 is 2.10 bits per heavy atom. The predicted octanol–water partition coefficient (Wildman–Crippen LogP) is -1.77. The molecule has 2 rings (SSSR count). The van der Waals surface area contributed by atoms with Crippen molar-refractivity contribution in [3.05, 3.63) is 65.7 Å². The highest BCUT2D eigenvalue weighted by atomic mass is 79.9. The molecule has 1 amide bonds. The maximum atomic E-state index is 12.9. The second kappa shape index (κ2) is 12.0. The van der Waals surface area contributed by atoms with Gasteiger partial charge in [-0.15, -0.1) is 0 Å². The summed E-state index contributed by atoms with van der Waals surface area (Å²) in [5.41, 5.74) is 5.05. The van der Waals surface area contributed by atoms with E-state index in [9.17, 15) is 29.3 Å². The lowest BCUT2D eigenvalue weighted by molar-refractivity contribution is -0.385. The molecule has 0 radical (unpaired) electrons. The molecule has 0 spiro atoms. The normalized spacial score (nSPS) is 15.6. The van der Waals surface area contributed by atoms with Crippen molar-refractivity contribution in [1.29, 1.82) is 0 Å². The monoisotopic (exact) mass is 514 g/mol. The topological polar surface area (TPSA) is 152 Å². The molecule has 0 heterocycles. The number of amides is 1. The molecule has 1 unspecified atom stereocenters. The summed E-state index contributed by atoms with van der Waals surface area (Å²) >= 11 is 0. The smallest absolute Gasteiger partial charge is 0.326 e. The molecule has 0 aliphatic carbocycles. The van der Waals surface area contributed by atoms with Crippen molar-refractivity contribution in [3.8, 4) is 5.75 Å². The van der Waals surface area contributed by atoms with Crippen LogP contribution < -0.4 is 28.0 Å². The number of quaternary nitrogens is 1. The van der Waals surface area contributed by atoms with Gasteiger partial charge in [0.25, 0.3) is 7.37 Å². The van der Waals surface area contributed by atoms with E-state index in [4.69, 9.17) is 0 Å². The summed E-state index contributed by atoms with van der Waals surface area (Å²) in [4.78, 5) is 34.9. The largest absolute Gasteiger partial charge is 1.00 e. The van der Waals surface area contributed by atoms with Gasteiger partial charge in [0.05, 0.1) is 5.92 Å². The fourth-order valence-electron chi connectivity index (χ4n) is 2.99. The Morgan fingerprint density at radius 2 is 1.58 bits per heavy atom. The molecule has 2 aromatic carbocycles. The fourth-order valence-corrected chi connectivity index (χ4v) is 4.28. The van der Waals surface area contributed by atoms with Gasteiger partial charge in [0.2, 0.25) is 5.91 Å². The van der Waals surface area contributed by atoms with Gasteiger partial charge in [-0.25, -0.2) is 4.79 Å². The van der Waals surface area contributed by atoms with Gasteiger partial charge in [0.15, 0.2) is 5.78 Å². The van der Waals surface area contributed by atoms with Crippen LogP contribution >= 0.6 is 7.37 Å². The maximum Gasteiger partial charge on any atom is 0.326 e. The number of aromatic hydroxyl groups is 1. The number of hydrogen-bond acceptors (Lipinski definition) is 4. The van der Waals surface area contributed by atoms with Crippen molar-refractivity contribution in [2.45, 2.75) is 31.6 Å². The first-order valence-corrected chi connectivity index (χ1v) is 11.5. The summed E-state index contributed by atoms with van der Waals surface area (Å²) in [5, 5.41) is 21.4. The van der Waals surface area contributed by atoms with E-state index in [0.717, 1.165) is 5.56 Å². The van der Waals surface area contributed by atoms with Crippen LogP contribution in [0.2, 0.25) is 0 Å². The molecule has 0 saturated heterocycles. The van der Waals surface area contributed by atoms with Gasteiger partial charge in [-0.05, 0) is 36.6 Å². The number of phenols is 1. The van der Waals surface area contributed by atoms with Gasteiger partial charge >= 0.3 is 5.97 Å². The van der Waals surface area contributed by atoms with E-state index >= 15 is 0 Å². The Bertz CT molecular complexity index is 908. The second-order valence-corrected chi connectivity index (χ2v) is 10.2. The standard InChI is InChI=1S/C21H27N2O6P.BrH/c1-14(22)30(28,29)13-17(11-15-5-3-2-4-6-15)20(25)23-19(21(26)27)12-16-7-9-18(24)10-8-16;/h2-10,14,17,19,24H,11-13,22H2,1H3,(H,23,25)(H,26,27)(H,28,29);1H/t14-,17+,19+;/m1./s1. The third-order valence-corrected chi connectivity index (χ3v) is 7.20. The molecule has 0 bridgehead atoms. The van der Waals surface area contributed by atoms with Crippen molar-refractivity contribution < 1.29 is 52.0 Å². The van der Waals surface area contributed by atoms with Crippen LogP contribution in [-0.2, 0) is 27.0 Å². The summed E-state index contributed by atoms with van der Waals surface area (Å²) in [6.45, 7) is 1.52. The molecule has 0 saturated carbocycles. The Morgan fingerprint density at radius 1 is 1.03 bits per heavy atom. The third-order valence-electron chi connectivity index (χ3n) is 4.86. The highest BCUT2D eigenvalue weighted by Crippen LogP contribution is 2.45. The molecule has 2 aromatic rings. The van der Waals surface area contributed by atoms with Gasteiger partial charge in [-0.2, -0.15) is 0 Å². The minimum absolute atomic E-state index is 0. The molecule has 8 nitrogen and oxygen atoms in total. The number of nitrogens with one attached hydrogen (secondary N) is 1. The van der Waals surface area contributed by atoms with Crippen LogP contribution in [0.15, 0.2) is 54.6 Å². The zero-order valence-electron chi connectivity index (χ0n) is 17.1. The number of carboxylic acid groups (broad SMARTS) is 1. The van der Waals surface area contributed by atoms with Crippen molar-refractivity contribution in [2.75, 3.05) is 6.16 Å². The molecule has 10 heteroatoms. The summed E-state index contributed by atoms with van der Waals surface area (Å²) in [6, 6.07) is 13.9. The molecule has 0 aromatic heterocycles. The Balaban J connectivity index is 0.00000480. The molecule has 0 aliphatic heterocycles. The molecular weight excluding hydrogens is 487 g/mol. The van der Waals surface area contributed by atoms with Crippen LogP contribution in [0.4, 0.5) is 0 Å². The van der Waals surface area contributed by atoms with Crippen LogP contribution in [0.3, 0.4) is 0 Å². The molecule has 31 heavy (non-hydrogen) atoms. The van der Waals surface area contributed by atoms with Crippen molar-refractivity contribution in [2.24, 2.45) is 5.92 Å². The highest BCUT2D eigenvalue weighted by molar-refractivity contribution is 7.58. The highest BCUT2D eigenvalue weighted by Gasteiger charge is 2.35. The molecule has 0 aliphatic rings. The van der Waals surface area contributed by atoms with E-state index in [1.807, 2.05) is 6.07 Å². The molecule has 7 N–H and O–H groups in total. The fraction of sp³-hybridized carbons (Fsp3) is 0.333. The van der Waals surface area contributed by atoms with Crippen molar-refractivity contribution in [3.63, 3.8) is 0 Å². The Labute approximate surface area is 191 Å². The minimum Gasteiger partial charge on any atom is -1.00 e. The van der Waals surface area contributed by atoms with E-state index in [-0.39, 0.29) is 41.7 Å². The number of carboxylic acids is 1. The molecular formula is C21H28BrN2O6P. The number of halogens is 1. The average Bonchev–Trinajstić information content (AvgIpc) is 2.69. The lowest BCUT2D eigenvalue weighted by atomic mass is 9.99. The van der Waals surface area contributed by atoms with Crippen LogP contribution in [0.1, 0.15) is 18.1 Å². The second-order valence-electron chi connectivity index (χ2n) is 7.44. The lowest BCUT2D eigenvalue weighted by Crippen LogP contribution is -3.00. The third kappa shape index (κ3) is 8.45. The summed E-state index contributed by atoms with van der Waals surface area (Å²) < 4.78 is 12.5. The number of benzene rings is 2. The van der Waals surface area contributed by atoms with E-state index in [1.165, 1.54) is 19.1 Å². The Hall–Kier alpha value is -2.19. The summed E-state index contributed by atoms with van der Waals surface area (Å²) in [6.07, 6.45) is -0.0681. The quantitative estimate of drug-likeness (QED) is 0.236. The van der Waals surface area contributed by atoms with Gasteiger partial charge in [0, 0.05) is 12.6 Å². The molecule has 0 fully saturated rings. The molecule has 170 valence electrons. The Kier molecular flexibility index (Phi) is 10.4. The number of aliphatic carboxylic acids is 1. The van der Waals surface area contributed by atoms with Gasteiger partial charge in [0.1, 0.15) is 11.8 Å². The van der Waals surface area contributed by atoms with Crippen LogP contribution in [0.5, 0.6) is 5.75 Å². The lowest BCUT2D eigenvalue weighted by Gasteiger charge is -2.23. The average molecular weight is 515 g/mol. The number of carbonyl (C=O) groups excluding carboxylic acids is 1. The maximum absolute atomic E-state index is 12.9. The van der Waals surface area contributed by atoms with E-state index in [1.54, 1.807) is 36.4 Å². The number of phenolic OH excluding ortho intramolecular Hbond substituents is 1. The number of hydrogen-bond donors (Lipinski definition) is 5. The van der Waals surface area contributed by atoms with Crippen LogP contribution in [0, 0.1) is 5.92 Å². The van der Waals surface area contributed by atoms with Crippen molar-refractivity contribution in [1.82, 2.24) is 5.32 Å². The van der Waals surface area contributed by atoms with Gasteiger partial charge < -0.3 is 43.1 Å². The van der Waals surface area contributed by atoms with Gasteiger partial charge in [-0.3, -0.25) is 9.36 Å². The predicted molar refractivity (Wildman–Crippen MR) is 112 cm³/mol. The first kappa shape index (κ1) is 26.8. The minimum atomic E-state index is -3.70. The SMILES string of the molecule is C[C@H]([NH3+])P(=O)(O)C[C@H](Cc1ccccc1)C(=O)N[C@@H](Cc1ccc(O)cc1)C(=O)O.[Br-]. The van der Waals surface area contributed by atoms with E-state index < -0.39 is 37.0 Å². The van der Waals surface area contributed by atoms with E-state index in [2.05, 4.69) is 11.1 Å². The number of rotatable bonds is 10. The summed E-state index contributed by atoms with van der Waals surface area (Å²) in [5.74, 6) is -3.39. The van der Waals surface area contributed by atoms with Crippen LogP contribution in [-0.4, -0.2) is 45.0 Å². The van der Waals surface area contributed by atoms with Crippen molar-refractivity contribution >= 4 is 19.2 Å². The molecule has 4 atom stereocenters. The van der Waals surface area contributed by atoms with E-state index in [0.29, 0.717) is 5.56 Å². The van der Waals surface area contributed by atoms with Crippen LogP contribution in [0.25, 0.3) is 0 Å². The zero-order valence-corrected chi connectivity index (χ0v) is 19.6. The number of carbonyl (C=O) groups is 2. The summed E-state index contributed by atoms with van der Waals surface area (Å²) in [7, 11) is -3.70. The first-order valence-electron chi connectivity index (χ1n) is 9.58. The zero-order chi connectivity index (χ0) is 22.3. The van der Waals surface area contributed by atoms with Gasteiger partial charge in [-0.1, -0.05) is 42.5 Å². The first-order chi connectivity index (χ1) is 14.1.